The Labute approximate surface area is 62.6 Å². The first-order valence-electron chi connectivity index (χ1n) is 4.31. The van der Waals surface area contributed by atoms with Gasteiger partial charge in [-0.3, -0.25) is 0 Å². The van der Waals surface area contributed by atoms with Gasteiger partial charge in [0.05, 0.1) is 0 Å². The lowest BCUT2D eigenvalue weighted by molar-refractivity contribution is 1.04. The summed E-state index contributed by atoms with van der Waals surface area (Å²) in [5.74, 6) is 0. The molecular formula is C10H14. The lowest BCUT2D eigenvalue weighted by Gasteiger charge is -1.82. The summed E-state index contributed by atoms with van der Waals surface area (Å²) in [5, 5.41) is 0. The number of allylic oxidation sites excluding steroid dienone is 4. The fourth-order valence-corrected chi connectivity index (χ4v) is 1.13. The Morgan fingerprint density at radius 3 is 1.50 bits per heavy atom. The fourth-order valence-electron chi connectivity index (χ4n) is 1.13. The van der Waals surface area contributed by atoms with E-state index in [0.717, 1.165) is 0 Å². The Balaban J connectivity index is 1.63. The normalized spacial score (nSPS) is 20.8. The zero-order chi connectivity index (χ0) is 6.81. The second-order valence-electron chi connectivity index (χ2n) is 3.30. The largest absolute Gasteiger partial charge is 0.0850 e. The summed E-state index contributed by atoms with van der Waals surface area (Å²) in [6.45, 7) is 0. The van der Waals surface area contributed by atoms with Gasteiger partial charge >= 0.3 is 0 Å². The van der Waals surface area contributed by atoms with E-state index >= 15 is 0 Å². The van der Waals surface area contributed by atoms with Crippen LogP contribution in [0.2, 0.25) is 0 Å². The van der Waals surface area contributed by atoms with Gasteiger partial charge in [0.2, 0.25) is 0 Å². The zero-order valence-corrected chi connectivity index (χ0v) is 6.40. The number of hydrogen-bond donors (Lipinski definition) is 0. The van der Waals surface area contributed by atoms with Gasteiger partial charge in [-0.05, 0) is 38.5 Å². The molecule has 0 aromatic heterocycles. The Kier molecular flexibility index (Phi) is 1.62. The van der Waals surface area contributed by atoms with Crippen LogP contribution in [0, 0.1) is 0 Å². The Bertz CT molecular complexity index is 150. The molecule has 2 saturated carbocycles. The molecule has 0 aromatic rings. The highest BCUT2D eigenvalue weighted by molar-refractivity contribution is 5.18. The minimum Gasteiger partial charge on any atom is -0.0850 e. The van der Waals surface area contributed by atoms with E-state index in [1.54, 1.807) is 11.1 Å². The highest BCUT2D eigenvalue weighted by atomic mass is 14.2. The van der Waals surface area contributed by atoms with E-state index in [1.165, 1.54) is 38.5 Å². The molecule has 0 atom stereocenters. The number of hydrogen-bond acceptors (Lipinski definition) is 0. The third kappa shape index (κ3) is 2.02. The molecule has 0 bridgehead atoms. The van der Waals surface area contributed by atoms with Crippen molar-refractivity contribution >= 4 is 0 Å². The molecule has 2 rings (SSSR count). The summed E-state index contributed by atoms with van der Waals surface area (Å²) in [6, 6.07) is 0. The molecule has 2 aliphatic carbocycles. The SMILES string of the molecule is C(CCC=C1CC1)=C1CC1. The van der Waals surface area contributed by atoms with E-state index in [2.05, 4.69) is 12.2 Å². The molecule has 0 heteroatoms. The molecule has 0 radical (unpaired) electrons. The molecule has 0 spiro atoms. The van der Waals surface area contributed by atoms with Crippen LogP contribution >= 0.6 is 0 Å². The van der Waals surface area contributed by atoms with Crippen molar-refractivity contribution in [3.05, 3.63) is 23.3 Å². The molecule has 0 unspecified atom stereocenters. The first-order valence-corrected chi connectivity index (χ1v) is 4.31. The van der Waals surface area contributed by atoms with Gasteiger partial charge in [-0.2, -0.15) is 0 Å². The smallest absolute Gasteiger partial charge is 0.0283 e. The van der Waals surface area contributed by atoms with Crippen molar-refractivity contribution in [1.29, 1.82) is 0 Å². The van der Waals surface area contributed by atoms with Gasteiger partial charge in [0.1, 0.15) is 0 Å². The maximum Gasteiger partial charge on any atom is -0.0283 e. The summed E-state index contributed by atoms with van der Waals surface area (Å²) < 4.78 is 0. The minimum atomic E-state index is 1.29. The molecule has 0 amide bonds. The lowest BCUT2D eigenvalue weighted by atomic mass is 10.2. The van der Waals surface area contributed by atoms with E-state index < -0.39 is 0 Å². The van der Waals surface area contributed by atoms with Crippen molar-refractivity contribution in [3.63, 3.8) is 0 Å². The monoisotopic (exact) mass is 134 g/mol. The molecule has 10 heavy (non-hydrogen) atoms. The zero-order valence-electron chi connectivity index (χ0n) is 6.40. The topological polar surface area (TPSA) is 0 Å². The molecule has 2 fully saturated rings. The summed E-state index contributed by atoms with van der Waals surface area (Å²) in [5.41, 5.74) is 3.38. The molecule has 0 heterocycles. The maximum atomic E-state index is 2.42. The molecular weight excluding hydrogens is 120 g/mol. The van der Waals surface area contributed by atoms with E-state index in [9.17, 15) is 0 Å². The van der Waals surface area contributed by atoms with Gasteiger partial charge in [0, 0.05) is 0 Å². The Morgan fingerprint density at radius 1 is 0.800 bits per heavy atom. The summed E-state index contributed by atoms with van der Waals surface area (Å²) >= 11 is 0. The Hall–Kier alpha value is -0.520. The Morgan fingerprint density at radius 2 is 1.20 bits per heavy atom. The molecule has 0 saturated heterocycles. The first kappa shape index (κ1) is 6.21. The van der Waals surface area contributed by atoms with Crippen molar-refractivity contribution in [2.75, 3.05) is 0 Å². The summed E-state index contributed by atoms with van der Waals surface area (Å²) in [6.07, 6.45) is 13.0. The highest BCUT2D eigenvalue weighted by Crippen LogP contribution is 2.30. The van der Waals surface area contributed by atoms with Crippen molar-refractivity contribution < 1.29 is 0 Å². The average molecular weight is 134 g/mol. The van der Waals surface area contributed by atoms with Crippen molar-refractivity contribution in [1.82, 2.24) is 0 Å². The quantitative estimate of drug-likeness (QED) is 0.410. The van der Waals surface area contributed by atoms with Crippen molar-refractivity contribution in [2.24, 2.45) is 0 Å². The summed E-state index contributed by atoms with van der Waals surface area (Å²) in [4.78, 5) is 0. The average Bonchev–Trinajstić information content (AvgIpc) is 2.77. The van der Waals surface area contributed by atoms with Crippen LogP contribution in [-0.4, -0.2) is 0 Å². The van der Waals surface area contributed by atoms with Gasteiger partial charge < -0.3 is 0 Å². The van der Waals surface area contributed by atoms with Crippen LogP contribution in [0.1, 0.15) is 38.5 Å². The number of rotatable bonds is 3. The van der Waals surface area contributed by atoms with Crippen molar-refractivity contribution in [3.8, 4) is 0 Å². The van der Waals surface area contributed by atoms with E-state index in [-0.39, 0.29) is 0 Å². The predicted octanol–water partition coefficient (Wildman–Crippen LogP) is 3.21. The predicted molar refractivity (Wildman–Crippen MR) is 43.9 cm³/mol. The van der Waals surface area contributed by atoms with E-state index in [1.807, 2.05) is 0 Å². The van der Waals surface area contributed by atoms with E-state index in [0.29, 0.717) is 0 Å². The number of unbranched alkanes of at least 4 members (excludes halogenated alkanes) is 1. The molecule has 0 aliphatic heterocycles. The van der Waals surface area contributed by atoms with Crippen molar-refractivity contribution in [2.45, 2.75) is 38.5 Å². The van der Waals surface area contributed by atoms with Gasteiger partial charge in [-0.25, -0.2) is 0 Å². The standard InChI is InChI=1S/C10H14/c1(3-9-5-6-9)2-4-10-7-8-10/h3-4H,1-2,5-8H2. The van der Waals surface area contributed by atoms with Crippen LogP contribution in [0.5, 0.6) is 0 Å². The highest BCUT2D eigenvalue weighted by Gasteiger charge is 2.10. The first-order chi connectivity index (χ1) is 4.95. The van der Waals surface area contributed by atoms with Gasteiger partial charge in [-0.15, -0.1) is 0 Å². The lowest BCUT2D eigenvalue weighted by Crippen LogP contribution is -1.62. The third-order valence-corrected chi connectivity index (χ3v) is 2.11. The summed E-state index contributed by atoms with van der Waals surface area (Å²) in [7, 11) is 0. The van der Waals surface area contributed by atoms with Crippen LogP contribution in [0.4, 0.5) is 0 Å². The van der Waals surface area contributed by atoms with Gasteiger partial charge in [-0.1, -0.05) is 23.3 Å². The molecule has 54 valence electrons. The van der Waals surface area contributed by atoms with Crippen LogP contribution in [0.3, 0.4) is 0 Å². The van der Waals surface area contributed by atoms with Gasteiger partial charge in [0.25, 0.3) is 0 Å². The fraction of sp³-hybridized carbons (Fsp3) is 0.600. The second-order valence-corrected chi connectivity index (χ2v) is 3.30. The molecule has 0 nitrogen and oxygen atoms in total. The molecule has 2 aliphatic rings. The van der Waals surface area contributed by atoms with Crippen LogP contribution in [0.15, 0.2) is 23.3 Å². The second kappa shape index (κ2) is 2.61. The van der Waals surface area contributed by atoms with Gasteiger partial charge in [0.15, 0.2) is 0 Å². The third-order valence-electron chi connectivity index (χ3n) is 2.11. The minimum absolute atomic E-state index is 1.29. The van der Waals surface area contributed by atoms with E-state index in [4.69, 9.17) is 0 Å². The van der Waals surface area contributed by atoms with Crippen LogP contribution in [-0.2, 0) is 0 Å². The van der Waals surface area contributed by atoms with Crippen LogP contribution in [0.25, 0.3) is 0 Å². The maximum absolute atomic E-state index is 2.42. The molecule has 0 aromatic carbocycles. The molecule has 0 N–H and O–H groups in total. The van der Waals surface area contributed by atoms with Crippen LogP contribution < -0.4 is 0 Å².